The number of hydrogen-bond donors (Lipinski definition) is 0. The number of aryl methyl sites for hydroxylation is 1. The van der Waals surface area contributed by atoms with E-state index in [2.05, 4.69) is 30.4 Å². The van der Waals surface area contributed by atoms with Gasteiger partial charge in [0.1, 0.15) is 11.4 Å². The van der Waals surface area contributed by atoms with Crippen LogP contribution in [0.3, 0.4) is 0 Å². The smallest absolute Gasteiger partial charge is 0.299 e. The Morgan fingerprint density at radius 1 is 1.43 bits per heavy atom. The molecule has 0 fully saturated rings. The van der Waals surface area contributed by atoms with Crippen molar-refractivity contribution in [3.05, 3.63) is 35.3 Å². The molecule has 0 radical (unpaired) electrons. The van der Waals surface area contributed by atoms with Gasteiger partial charge in [-0.25, -0.2) is 0 Å². The van der Waals surface area contributed by atoms with Crippen LogP contribution in [0.25, 0.3) is 16.3 Å². The maximum atomic E-state index is 13.5. The summed E-state index contributed by atoms with van der Waals surface area (Å²) in [5.74, 6) is 0. The minimum atomic E-state index is -2.98. The summed E-state index contributed by atoms with van der Waals surface area (Å²) < 4.78 is 28.2. The van der Waals surface area contributed by atoms with E-state index in [4.69, 9.17) is 0 Å². The van der Waals surface area contributed by atoms with E-state index in [-0.39, 0.29) is 5.69 Å². The Hall–Kier alpha value is -1.26. The molecule has 2 aromatic heterocycles. The summed E-state index contributed by atoms with van der Waals surface area (Å²) in [6, 6.07) is 5.33. The number of aromatic nitrogens is 2. The molecule has 0 aromatic carbocycles. The van der Waals surface area contributed by atoms with Crippen LogP contribution in [0.2, 0.25) is 0 Å². The quantitative estimate of drug-likeness (QED) is 0.665. The summed E-state index contributed by atoms with van der Waals surface area (Å²) in [5, 5.41) is 4.21. The maximum Gasteiger partial charge on any atom is 0.299 e. The van der Waals surface area contributed by atoms with Crippen LogP contribution in [0, 0.1) is 0 Å². The minimum Gasteiger partial charge on any atom is -0.371 e. The zero-order valence-electron chi connectivity index (χ0n) is 13.6. The molecule has 0 aliphatic rings. The third-order valence-corrected chi connectivity index (χ3v) is 5.07. The van der Waals surface area contributed by atoms with Gasteiger partial charge in [0.2, 0.25) is 0 Å². The summed E-state index contributed by atoms with van der Waals surface area (Å²) in [7, 11) is 3.09. The zero-order valence-corrected chi connectivity index (χ0v) is 15.6. The molecular weight excluding hydrogens is 335 g/mol. The van der Waals surface area contributed by atoms with E-state index in [0.717, 1.165) is 35.0 Å². The Morgan fingerprint density at radius 3 is 2.65 bits per heavy atom. The van der Waals surface area contributed by atoms with Gasteiger partial charge in [-0.2, -0.15) is 13.9 Å². The first-order valence-electron chi connectivity index (χ1n) is 7.53. The topological polar surface area (TPSA) is 21.1 Å². The largest absolute Gasteiger partial charge is 0.371 e. The van der Waals surface area contributed by atoms with E-state index in [9.17, 15) is 8.78 Å². The van der Waals surface area contributed by atoms with Gasteiger partial charge in [-0.1, -0.05) is 22.7 Å². The fourth-order valence-corrected chi connectivity index (χ4v) is 3.67. The average molecular weight is 357 g/mol. The van der Waals surface area contributed by atoms with Gasteiger partial charge in [0.15, 0.2) is 0 Å². The van der Waals surface area contributed by atoms with Gasteiger partial charge in [0, 0.05) is 25.8 Å². The van der Waals surface area contributed by atoms with Crippen LogP contribution in [-0.4, -0.2) is 27.8 Å². The predicted molar refractivity (Wildman–Crippen MR) is 96.7 cm³/mol. The highest BCUT2D eigenvalue weighted by atomic mass is 32.1. The highest BCUT2D eigenvalue weighted by Crippen LogP contribution is 2.38. The number of hydrogen-bond acceptors (Lipinski definition) is 3. The molecule has 126 valence electrons. The first-order chi connectivity index (χ1) is 10.8. The zero-order chi connectivity index (χ0) is 17.2. The highest BCUT2D eigenvalue weighted by Gasteiger charge is 2.29. The first-order valence-corrected chi connectivity index (χ1v) is 8.93. The van der Waals surface area contributed by atoms with Crippen molar-refractivity contribution in [1.82, 2.24) is 14.7 Å². The molecule has 1 atom stereocenters. The van der Waals surface area contributed by atoms with Crippen LogP contribution in [0.15, 0.2) is 24.8 Å². The Kier molecular flexibility index (Phi) is 5.58. The van der Waals surface area contributed by atoms with Gasteiger partial charge in [-0.15, -0.1) is 11.3 Å². The number of nitrogens with zero attached hydrogens (tertiary/aromatic N) is 3. The molecule has 0 saturated carbocycles. The Morgan fingerprint density at radius 2 is 2.13 bits per heavy atom. The minimum absolute atomic E-state index is 0.118. The van der Waals surface area contributed by atoms with Crippen molar-refractivity contribution in [3.63, 3.8) is 0 Å². The normalized spacial score (nSPS) is 11.7. The lowest BCUT2D eigenvalue weighted by Gasteiger charge is -2.23. The fraction of sp³-hybridized carbons (Fsp3) is 0.438. The van der Waals surface area contributed by atoms with E-state index >= 15 is 0 Å². The highest BCUT2D eigenvalue weighted by molar-refractivity contribution is 7.17. The molecule has 1 unspecified atom stereocenters. The lowest BCUT2D eigenvalue weighted by molar-refractivity contribution is 0.0938. The van der Waals surface area contributed by atoms with Crippen LogP contribution < -0.4 is 0 Å². The summed E-state index contributed by atoms with van der Waals surface area (Å²) in [4.78, 5) is 4.13. The molecule has 0 aliphatic heterocycles. The van der Waals surface area contributed by atoms with Crippen LogP contribution in [0.4, 0.5) is 8.78 Å². The molecule has 2 aromatic rings. The second kappa shape index (κ2) is 7.10. The molecule has 0 saturated heterocycles. The Labute approximate surface area is 142 Å². The molecule has 2 rings (SSSR count). The standard InChI is InChI=1S/C16H22F2N3PS/c1-5-9-21(6-2)11(3)13-7-8-14(23-13)12-10-15(16(17,18)22)20(4)19-12/h7-8,10H,3,5-6,9,22H2,1-2,4H3. The van der Waals surface area contributed by atoms with Crippen molar-refractivity contribution in [2.45, 2.75) is 25.9 Å². The Bertz CT molecular complexity index is 688. The number of alkyl halides is 2. The molecule has 0 amide bonds. The monoisotopic (exact) mass is 357 g/mol. The molecule has 0 aliphatic carbocycles. The third kappa shape index (κ3) is 3.99. The van der Waals surface area contributed by atoms with E-state index in [0.29, 0.717) is 5.69 Å². The fourth-order valence-electron chi connectivity index (χ4n) is 2.44. The lowest BCUT2D eigenvalue weighted by atomic mass is 10.3. The lowest BCUT2D eigenvalue weighted by Crippen LogP contribution is -2.21. The third-order valence-electron chi connectivity index (χ3n) is 3.62. The maximum absolute atomic E-state index is 13.5. The summed E-state index contributed by atoms with van der Waals surface area (Å²) >= 11 is 1.53. The molecule has 0 bridgehead atoms. The number of rotatable bonds is 7. The van der Waals surface area contributed by atoms with E-state index in [1.54, 1.807) is 9.24 Å². The van der Waals surface area contributed by atoms with Gasteiger partial charge in [-0.3, -0.25) is 4.68 Å². The van der Waals surface area contributed by atoms with Crippen LogP contribution in [0.1, 0.15) is 30.8 Å². The predicted octanol–water partition coefficient (Wildman–Crippen LogP) is 4.78. The van der Waals surface area contributed by atoms with E-state index < -0.39 is 5.66 Å². The second-order valence-electron chi connectivity index (χ2n) is 5.35. The number of halogens is 2. The van der Waals surface area contributed by atoms with Crippen molar-refractivity contribution in [3.8, 4) is 10.6 Å². The molecule has 0 spiro atoms. The van der Waals surface area contributed by atoms with Crippen molar-refractivity contribution < 1.29 is 8.78 Å². The average Bonchev–Trinajstić information content (AvgIpc) is 3.09. The van der Waals surface area contributed by atoms with Gasteiger partial charge in [-0.05, 0) is 31.5 Å². The SMILES string of the molecule is C=C(c1ccc(-c2cc(C(F)(F)P)n(C)n2)s1)N(CC)CCC. The first kappa shape index (κ1) is 18.1. The molecule has 0 N–H and O–H groups in total. The van der Waals surface area contributed by atoms with Gasteiger partial charge < -0.3 is 4.90 Å². The van der Waals surface area contributed by atoms with Crippen LogP contribution in [-0.2, 0) is 12.7 Å². The molecule has 7 heteroatoms. The summed E-state index contributed by atoms with van der Waals surface area (Å²) in [5.41, 5.74) is -1.57. The molecular formula is C16H22F2N3PS. The van der Waals surface area contributed by atoms with Gasteiger partial charge >= 0.3 is 0 Å². The van der Waals surface area contributed by atoms with Crippen molar-refractivity contribution >= 4 is 26.3 Å². The second-order valence-corrected chi connectivity index (χ2v) is 7.16. The van der Waals surface area contributed by atoms with E-state index in [1.807, 2.05) is 12.1 Å². The van der Waals surface area contributed by atoms with Gasteiger partial charge in [0.05, 0.1) is 9.75 Å². The van der Waals surface area contributed by atoms with E-state index in [1.165, 1.54) is 29.1 Å². The summed E-state index contributed by atoms with van der Waals surface area (Å²) in [6.45, 7) is 10.3. The Balaban J connectivity index is 2.28. The molecule has 2 heterocycles. The molecule has 23 heavy (non-hydrogen) atoms. The van der Waals surface area contributed by atoms with Crippen LogP contribution in [0.5, 0.6) is 0 Å². The van der Waals surface area contributed by atoms with Crippen molar-refractivity contribution in [2.24, 2.45) is 7.05 Å². The van der Waals surface area contributed by atoms with Crippen LogP contribution >= 0.6 is 20.6 Å². The summed E-state index contributed by atoms with van der Waals surface area (Å²) in [6.07, 6.45) is 1.05. The van der Waals surface area contributed by atoms with Gasteiger partial charge in [0.25, 0.3) is 5.66 Å². The number of thiophene rings is 1. The van der Waals surface area contributed by atoms with Crippen molar-refractivity contribution in [1.29, 1.82) is 0 Å². The molecule has 3 nitrogen and oxygen atoms in total. The van der Waals surface area contributed by atoms with Crippen molar-refractivity contribution in [2.75, 3.05) is 13.1 Å².